The molecule has 0 aliphatic heterocycles. The predicted octanol–water partition coefficient (Wildman–Crippen LogP) is 4.95. The number of thiophene rings is 1. The first-order valence-corrected chi connectivity index (χ1v) is 10.4. The highest BCUT2D eigenvalue weighted by molar-refractivity contribution is 7.94. The van der Waals surface area contributed by atoms with E-state index >= 15 is 0 Å². The number of para-hydroxylation sites is 2. The zero-order valence-corrected chi connectivity index (χ0v) is 15.0. The lowest BCUT2D eigenvalue weighted by molar-refractivity contribution is 0.463. The van der Waals surface area contributed by atoms with Gasteiger partial charge in [0.25, 0.3) is 10.0 Å². The van der Waals surface area contributed by atoms with Gasteiger partial charge in [-0.15, -0.1) is 11.3 Å². The average molecular weight is 371 g/mol. The van der Waals surface area contributed by atoms with Gasteiger partial charge in [-0.25, -0.2) is 8.42 Å². The smallest absolute Gasteiger partial charge is 0.271 e. The molecule has 124 valence electrons. The summed E-state index contributed by atoms with van der Waals surface area (Å²) in [6, 6.07) is 10.9. The van der Waals surface area contributed by atoms with Crippen LogP contribution in [0.25, 0.3) is 0 Å². The summed E-state index contributed by atoms with van der Waals surface area (Å²) in [7, 11) is -3.61. The Hall–Kier alpha value is -1.24. The van der Waals surface area contributed by atoms with Gasteiger partial charge < -0.3 is 5.32 Å². The molecule has 0 radical (unpaired) electrons. The molecule has 1 aliphatic rings. The van der Waals surface area contributed by atoms with E-state index in [-0.39, 0.29) is 4.21 Å². The zero-order chi connectivity index (χ0) is 16.3. The van der Waals surface area contributed by atoms with E-state index in [1.54, 1.807) is 12.1 Å². The Morgan fingerprint density at radius 3 is 2.35 bits per heavy atom. The van der Waals surface area contributed by atoms with Gasteiger partial charge in [-0.1, -0.05) is 43.0 Å². The number of sulfonamides is 1. The summed E-state index contributed by atoms with van der Waals surface area (Å²) in [5.74, 6) is 0. The Balaban J connectivity index is 1.80. The Labute approximate surface area is 145 Å². The van der Waals surface area contributed by atoms with Gasteiger partial charge in [0, 0.05) is 6.04 Å². The van der Waals surface area contributed by atoms with Crippen LogP contribution in [0, 0.1) is 0 Å². The molecule has 7 heteroatoms. The van der Waals surface area contributed by atoms with E-state index in [4.69, 9.17) is 11.6 Å². The van der Waals surface area contributed by atoms with Crippen LogP contribution in [-0.4, -0.2) is 14.5 Å². The van der Waals surface area contributed by atoms with Crippen LogP contribution in [0.3, 0.4) is 0 Å². The summed E-state index contributed by atoms with van der Waals surface area (Å²) >= 11 is 6.89. The third-order valence-corrected chi connectivity index (χ3v) is 7.04. The highest BCUT2D eigenvalue weighted by Gasteiger charge is 2.19. The number of benzene rings is 1. The summed E-state index contributed by atoms with van der Waals surface area (Å²) < 4.78 is 28.3. The van der Waals surface area contributed by atoms with Crippen molar-refractivity contribution in [3.05, 3.63) is 40.7 Å². The van der Waals surface area contributed by atoms with Crippen molar-refractivity contribution in [2.24, 2.45) is 0 Å². The standard InChI is InChI=1S/C16H19ClN2O2S2/c17-15-10-11-16(22-15)23(20,21)19-14-9-5-4-8-13(14)18-12-6-2-1-3-7-12/h4-5,8-12,18-19H,1-3,6-7H2. The molecule has 2 aromatic rings. The molecule has 1 aromatic heterocycles. The van der Waals surface area contributed by atoms with E-state index in [0.717, 1.165) is 29.9 Å². The fourth-order valence-corrected chi connectivity index (χ4v) is 5.36. The first kappa shape index (κ1) is 16.6. The number of nitrogens with one attached hydrogen (secondary N) is 2. The molecular weight excluding hydrogens is 352 g/mol. The van der Waals surface area contributed by atoms with Crippen molar-refractivity contribution in [2.75, 3.05) is 10.0 Å². The van der Waals surface area contributed by atoms with Crippen molar-refractivity contribution in [3.8, 4) is 0 Å². The minimum atomic E-state index is -3.61. The Morgan fingerprint density at radius 2 is 1.70 bits per heavy atom. The molecule has 0 spiro atoms. The maximum Gasteiger partial charge on any atom is 0.271 e. The molecule has 0 unspecified atom stereocenters. The predicted molar refractivity (Wildman–Crippen MR) is 97.1 cm³/mol. The normalized spacial score (nSPS) is 16.2. The molecule has 1 fully saturated rings. The number of halogens is 1. The minimum absolute atomic E-state index is 0.218. The van der Waals surface area contributed by atoms with Crippen LogP contribution >= 0.6 is 22.9 Å². The summed E-state index contributed by atoms with van der Waals surface area (Å²) in [4.78, 5) is 0. The zero-order valence-electron chi connectivity index (χ0n) is 12.6. The number of rotatable bonds is 5. The molecular formula is C16H19ClN2O2S2. The van der Waals surface area contributed by atoms with Crippen molar-refractivity contribution in [1.29, 1.82) is 0 Å². The van der Waals surface area contributed by atoms with Crippen molar-refractivity contribution < 1.29 is 8.42 Å². The highest BCUT2D eigenvalue weighted by Crippen LogP contribution is 2.31. The fourth-order valence-electron chi connectivity index (χ4n) is 2.80. The quantitative estimate of drug-likeness (QED) is 0.783. The van der Waals surface area contributed by atoms with Crippen LogP contribution in [0.2, 0.25) is 4.34 Å². The average Bonchev–Trinajstić information content (AvgIpc) is 2.98. The van der Waals surface area contributed by atoms with Gasteiger partial charge in [0.1, 0.15) is 4.21 Å². The second-order valence-electron chi connectivity index (χ2n) is 5.69. The van der Waals surface area contributed by atoms with Gasteiger partial charge in [-0.3, -0.25) is 4.72 Å². The third-order valence-electron chi connectivity index (χ3n) is 3.95. The Bertz CT molecular complexity index is 768. The molecule has 1 saturated carbocycles. The van der Waals surface area contributed by atoms with Crippen LogP contribution in [0.5, 0.6) is 0 Å². The summed E-state index contributed by atoms with van der Waals surface area (Å²) in [5, 5.41) is 3.48. The van der Waals surface area contributed by atoms with E-state index in [1.165, 1.54) is 25.3 Å². The molecule has 0 bridgehead atoms. The van der Waals surface area contributed by atoms with Crippen LogP contribution in [0.1, 0.15) is 32.1 Å². The van der Waals surface area contributed by atoms with E-state index in [2.05, 4.69) is 10.0 Å². The lowest BCUT2D eigenvalue weighted by Gasteiger charge is -2.25. The van der Waals surface area contributed by atoms with E-state index in [0.29, 0.717) is 16.1 Å². The second-order valence-corrected chi connectivity index (χ2v) is 9.31. The van der Waals surface area contributed by atoms with Crippen molar-refractivity contribution in [1.82, 2.24) is 0 Å². The SMILES string of the molecule is O=S(=O)(Nc1ccccc1NC1CCCCC1)c1ccc(Cl)s1. The second kappa shape index (κ2) is 7.11. The van der Waals surface area contributed by atoms with Gasteiger partial charge in [0.2, 0.25) is 0 Å². The fraction of sp³-hybridized carbons (Fsp3) is 0.375. The van der Waals surface area contributed by atoms with E-state index in [9.17, 15) is 8.42 Å². The Morgan fingerprint density at radius 1 is 1.00 bits per heavy atom. The lowest BCUT2D eigenvalue weighted by Crippen LogP contribution is -2.23. The summed E-state index contributed by atoms with van der Waals surface area (Å²) in [6.07, 6.45) is 5.98. The molecule has 0 amide bonds. The summed E-state index contributed by atoms with van der Waals surface area (Å²) in [6.45, 7) is 0. The monoisotopic (exact) mass is 370 g/mol. The first-order chi connectivity index (χ1) is 11.0. The molecule has 23 heavy (non-hydrogen) atoms. The molecule has 0 saturated heterocycles. The van der Waals surface area contributed by atoms with Crippen LogP contribution in [0.4, 0.5) is 11.4 Å². The van der Waals surface area contributed by atoms with Gasteiger partial charge in [-0.2, -0.15) is 0 Å². The topological polar surface area (TPSA) is 58.2 Å². The maximum atomic E-state index is 12.5. The van der Waals surface area contributed by atoms with E-state index in [1.807, 2.05) is 18.2 Å². The highest BCUT2D eigenvalue weighted by atomic mass is 35.5. The molecule has 1 aliphatic carbocycles. The van der Waals surface area contributed by atoms with Crippen LogP contribution < -0.4 is 10.0 Å². The largest absolute Gasteiger partial charge is 0.381 e. The van der Waals surface area contributed by atoms with Crippen LogP contribution in [-0.2, 0) is 10.0 Å². The first-order valence-electron chi connectivity index (χ1n) is 7.68. The lowest BCUT2D eigenvalue weighted by atomic mass is 9.95. The molecule has 4 nitrogen and oxygen atoms in total. The number of anilines is 2. The van der Waals surface area contributed by atoms with Gasteiger partial charge >= 0.3 is 0 Å². The third kappa shape index (κ3) is 4.19. The van der Waals surface area contributed by atoms with Gasteiger partial charge in [0.05, 0.1) is 15.7 Å². The van der Waals surface area contributed by atoms with Gasteiger partial charge in [-0.05, 0) is 37.1 Å². The summed E-state index contributed by atoms with van der Waals surface area (Å²) in [5.41, 5.74) is 1.40. The van der Waals surface area contributed by atoms with Crippen molar-refractivity contribution in [3.63, 3.8) is 0 Å². The Kier molecular flexibility index (Phi) is 5.14. The number of hydrogen-bond donors (Lipinski definition) is 2. The molecule has 3 rings (SSSR count). The number of hydrogen-bond acceptors (Lipinski definition) is 4. The minimum Gasteiger partial charge on any atom is -0.381 e. The molecule has 0 atom stereocenters. The van der Waals surface area contributed by atoms with Crippen molar-refractivity contribution in [2.45, 2.75) is 42.4 Å². The molecule has 1 aromatic carbocycles. The molecule has 1 heterocycles. The molecule has 2 N–H and O–H groups in total. The maximum absolute atomic E-state index is 12.5. The van der Waals surface area contributed by atoms with E-state index < -0.39 is 10.0 Å². The van der Waals surface area contributed by atoms with Crippen LogP contribution in [0.15, 0.2) is 40.6 Å². The van der Waals surface area contributed by atoms with Crippen molar-refractivity contribution >= 4 is 44.3 Å². The van der Waals surface area contributed by atoms with Gasteiger partial charge in [0.15, 0.2) is 0 Å².